The lowest BCUT2D eigenvalue weighted by atomic mass is 9.86. The molecular weight excluding hydrogens is 599 g/mol. The summed E-state index contributed by atoms with van der Waals surface area (Å²) in [6.07, 6.45) is -4.21. The van der Waals surface area contributed by atoms with Gasteiger partial charge in [-0.15, -0.1) is 0 Å². The molecule has 0 aromatic heterocycles. The number of nitro benzene ring substituents is 1. The van der Waals surface area contributed by atoms with Crippen molar-refractivity contribution >= 4 is 52.9 Å². The Bertz CT molecular complexity index is 1440. The number of carbonyl (C=O) groups excluding carboxylic acids is 2. The molecule has 0 heterocycles. The number of benzene rings is 2. The summed E-state index contributed by atoms with van der Waals surface area (Å²) < 4.78 is 17.0. The molecule has 15 heteroatoms. The number of rotatable bonds is 9. The van der Waals surface area contributed by atoms with Crippen LogP contribution < -0.4 is 5.32 Å². The van der Waals surface area contributed by atoms with Crippen LogP contribution in [0.2, 0.25) is 10.0 Å². The third-order valence-corrected chi connectivity index (χ3v) is 7.78. The quantitative estimate of drug-likeness (QED) is 0.204. The molecule has 6 atom stereocenters. The summed E-state index contributed by atoms with van der Waals surface area (Å²) in [5, 5.41) is 34.2. The molecule has 2 aliphatic carbocycles. The monoisotopic (exact) mass is 624 g/mol. The molecule has 0 radical (unpaired) electrons. The van der Waals surface area contributed by atoms with E-state index in [1.54, 1.807) is 26.8 Å². The van der Waals surface area contributed by atoms with Crippen molar-refractivity contribution in [1.82, 2.24) is 5.32 Å². The number of carboxylic acid groups (broad SMARTS) is 2. The van der Waals surface area contributed by atoms with Crippen LogP contribution in [0.15, 0.2) is 42.5 Å². The van der Waals surface area contributed by atoms with Crippen molar-refractivity contribution in [3.8, 4) is 0 Å². The van der Waals surface area contributed by atoms with Gasteiger partial charge in [-0.3, -0.25) is 14.9 Å². The molecule has 2 aromatic carbocycles. The summed E-state index contributed by atoms with van der Waals surface area (Å²) in [6, 6.07) is 8.97. The average Bonchev–Trinajstić information content (AvgIpc) is 3.58. The molecule has 224 valence electrons. The molecule has 13 nitrogen and oxygen atoms in total. The van der Waals surface area contributed by atoms with Gasteiger partial charge in [-0.05, 0) is 50.6 Å². The van der Waals surface area contributed by atoms with E-state index in [4.69, 9.17) is 37.4 Å². The van der Waals surface area contributed by atoms with Crippen molar-refractivity contribution in [2.24, 2.45) is 17.8 Å². The van der Waals surface area contributed by atoms with Gasteiger partial charge in [-0.2, -0.15) is 0 Å². The van der Waals surface area contributed by atoms with Crippen LogP contribution in [0.3, 0.4) is 0 Å². The number of alkyl carbamates (subject to hydrolysis) is 1. The number of esters is 1. The lowest BCUT2D eigenvalue weighted by molar-refractivity contribution is -0.384. The zero-order valence-corrected chi connectivity index (χ0v) is 23.9. The Hall–Kier alpha value is -3.94. The normalized spacial score (nSPS) is 26.1. The van der Waals surface area contributed by atoms with E-state index >= 15 is 0 Å². The van der Waals surface area contributed by atoms with Crippen LogP contribution in [0.1, 0.15) is 36.7 Å². The fraction of sp³-hybridized carbons (Fsp3) is 0.407. The van der Waals surface area contributed by atoms with Crippen molar-refractivity contribution in [3.63, 3.8) is 0 Å². The highest BCUT2D eigenvalue weighted by Crippen LogP contribution is 2.64. The van der Waals surface area contributed by atoms with E-state index in [1.807, 2.05) is 0 Å². The number of halogens is 2. The highest BCUT2D eigenvalue weighted by Gasteiger charge is 2.82. The molecule has 0 bridgehead atoms. The lowest BCUT2D eigenvalue weighted by Gasteiger charge is -2.38. The Morgan fingerprint density at radius 1 is 1.05 bits per heavy atom. The Labute approximate surface area is 248 Å². The maximum Gasteiger partial charge on any atom is 0.408 e. The second-order valence-corrected chi connectivity index (χ2v) is 11.7. The van der Waals surface area contributed by atoms with E-state index in [9.17, 15) is 39.5 Å². The number of hydrogen-bond acceptors (Lipinski definition) is 9. The Kier molecular flexibility index (Phi) is 8.40. The van der Waals surface area contributed by atoms with E-state index in [2.05, 4.69) is 5.32 Å². The van der Waals surface area contributed by atoms with Gasteiger partial charge in [-0.1, -0.05) is 29.3 Å². The molecule has 4 rings (SSSR count). The van der Waals surface area contributed by atoms with E-state index in [-0.39, 0.29) is 27.9 Å². The highest BCUT2D eigenvalue weighted by molar-refractivity contribution is 6.42. The zero-order valence-electron chi connectivity index (χ0n) is 22.4. The van der Waals surface area contributed by atoms with Crippen molar-refractivity contribution in [3.05, 3.63) is 73.8 Å². The first-order valence-electron chi connectivity index (χ1n) is 12.5. The second kappa shape index (κ2) is 11.4. The number of nitrogens with one attached hydrogen (secondary N) is 1. The average molecular weight is 625 g/mol. The minimum absolute atomic E-state index is 0.110. The molecule has 2 saturated carbocycles. The van der Waals surface area contributed by atoms with Crippen LogP contribution in [0, 0.1) is 27.9 Å². The Morgan fingerprint density at radius 2 is 1.69 bits per heavy atom. The molecule has 2 aliphatic rings. The molecule has 0 aliphatic heterocycles. The third kappa shape index (κ3) is 5.98. The molecule has 0 saturated heterocycles. The SMILES string of the molecule is CC(C)(C)OC(=O)N[C@]1(C(=O)O)[C@@H]2[C@@H](C(=O)O)[C@@H]2[C@H](OC(=O)c2ccc([N+](=O)[O-])cc2)[C@H]1OCc1ccc(Cl)c(Cl)c1. The molecular formula is C27H26Cl2N2O11. The maximum absolute atomic E-state index is 13.1. The number of non-ortho nitro benzene ring substituents is 1. The lowest BCUT2D eigenvalue weighted by Crippen LogP contribution is -2.66. The fourth-order valence-electron chi connectivity index (χ4n) is 5.34. The molecule has 2 aromatic rings. The molecule has 0 unspecified atom stereocenters. The first-order valence-corrected chi connectivity index (χ1v) is 13.3. The summed E-state index contributed by atoms with van der Waals surface area (Å²) in [7, 11) is 0. The molecule has 42 heavy (non-hydrogen) atoms. The summed E-state index contributed by atoms with van der Waals surface area (Å²) in [5.41, 5.74) is -3.35. The number of nitrogens with zero attached hydrogens (tertiary/aromatic N) is 1. The zero-order chi connectivity index (χ0) is 31.1. The Morgan fingerprint density at radius 3 is 2.21 bits per heavy atom. The summed E-state index contributed by atoms with van der Waals surface area (Å²) in [5.74, 6) is -7.61. The first kappa shape index (κ1) is 31.0. The minimum Gasteiger partial charge on any atom is -0.481 e. The van der Waals surface area contributed by atoms with Gasteiger partial charge in [0.05, 0.1) is 33.1 Å². The van der Waals surface area contributed by atoms with Crippen molar-refractivity contribution < 1.29 is 48.5 Å². The van der Waals surface area contributed by atoms with Gasteiger partial charge in [0.2, 0.25) is 0 Å². The minimum atomic E-state index is -2.38. The molecule has 1 amide bonds. The predicted molar refractivity (Wildman–Crippen MR) is 145 cm³/mol. The first-order chi connectivity index (χ1) is 19.6. The molecule has 3 N–H and O–H groups in total. The number of aliphatic carboxylic acids is 2. The van der Waals surface area contributed by atoms with Crippen molar-refractivity contribution in [2.75, 3.05) is 0 Å². The van der Waals surface area contributed by atoms with Gasteiger partial charge in [0.15, 0.2) is 5.54 Å². The van der Waals surface area contributed by atoms with Gasteiger partial charge in [0.1, 0.15) is 17.8 Å². The van der Waals surface area contributed by atoms with E-state index in [1.165, 1.54) is 12.1 Å². The van der Waals surface area contributed by atoms with Crippen LogP contribution >= 0.6 is 23.2 Å². The van der Waals surface area contributed by atoms with Crippen molar-refractivity contribution in [1.29, 1.82) is 0 Å². The number of amides is 1. The van der Waals surface area contributed by atoms with E-state index in [0.29, 0.717) is 5.56 Å². The molecule has 2 fully saturated rings. The van der Waals surface area contributed by atoms with Crippen molar-refractivity contribution in [2.45, 2.75) is 50.7 Å². The van der Waals surface area contributed by atoms with Gasteiger partial charge in [-0.25, -0.2) is 14.4 Å². The second-order valence-electron chi connectivity index (χ2n) is 10.9. The van der Waals surface area contributed by atoms with Gasteiger partial charge in [0, 0.05) is 24.0 Å². The van der Waals surface area contributed by atoms with Crippen LogP contribution in [0.25, 0.3) is 0 Å². The van der Waals surface area contributed by atoms with Crippen LogP contribution in [0.5, 0.6) is 0 Å². The third-order valence-electron chi connectivity index (χ3n) is 7.05. The fourth-order valence-corrected chi connectivity index (χ4v) is 5.66. The van der Waals surface area contributed by atoms with E-state index < -0.39 is 70.0 Å². The number of hydrogen-bond donors (Lipinski definition) is 3. The van der Waals surface area contributed by atoms with Gasteiger partial charge in [0.25, 0.3) is 5.69 Å². The highest BCUT2D eigenvalue weighted by atomic mass is 35.5. The van der Waals surface area contributed by atoms with Crippen LogP contribution in [-0.2, 0) is 30.4 Å². The smallest absolute Gasteiger partial charge is 0.408 e. The number of nitro groups is 1. The maximum atomic E-state index is 13.1. The van der Waals surface area contributed by atoms with E-state index in [0.717, 1.165) is 24.3 Å². The number of carboxylic acids is 2. The number of ether oxygens (including phenoxy) is 3. The Balaban J connectivity index is 1.73. The summed E-state index contributed by atoms with van der Waals surface area (Å²) in [6.45, 7) is 4.39. The van der Waals surface area contributed by atoms with Crippen LogP contribution in [0.4, 0.5) is 10.5 Å². The largest absolute Gasteiger partial charge is 0.481 e. The number of fused-ring (bicyclic) bond motifs is 1. The summed E-state index contributed by atoms with van der Waals surface area (Å²) >= 11 is 12.1. The van der Waals surface area contributed by atoms with Gasteiger partial charge < -0.3 is 29.7 Å². The topological polar surface area (TPSA) is 192 Å². The summed E-state index contributed by atoms with van der Waals surface area (Å²) in [4.78, 5) is 61.5. The van der Waals surface area contributed by atoms with Gasteiger partial charge >= 0.3 is 24.0 Å². The van der Waals surface area contributed by atoms with Crippen LogP contribution in [-0.4, -0.2) is 62.5 Å². The number of carbonyl (C=O) groups is 4. The predicted octanol–water partition coefficient (Wildman–Crippen LogP) is 4.32. The standard InChI is InChI=1S/C27H26Cl2N2O11/c1-26(2,3)42-25(37)30-27(24(35)36)19-17(18(19)22(32)33)20(21(27)40-11-12-4-9-15(28)16(29)10-12)41-23(34)13-5-7-14(8-6-13)31(38)39/h4-10,17-21H,11H2,1-3H3,(H,30,37)(H,32,33)(H,35,36)/t17-,18-,19-,20-,21+,27+/m0/s1. The molecule has 0 spiro atoms.